The molecular formula is C15H26ClN3O5S2. The molecule has 150 valence electrons. The van der Waals surface area contributed by atoms with Crippen molar-refractivity contribution in [3.05, 3.63) is 18.2 Å². The first kappa shape index (κ1) is 23.0. The Labute approximate surface area is 161 Å². The first-order valence-electron chi connectivity index (χ1n) is 8.15. The van der Waals surface area contributed by atoms with Gasteiger partial charge in [0.05, 0.1) is 18.6 Å². The smallest absolute Gasteiger partial charge is 0.245 e. The molecule has 1 fully saturated rings. The van der Waals surface area contributed by atoms with Crippen molar-refractivity contribution in [2.75, 3.05) is 30.7 Å². The molecule has 0 aliphatic carbocycles. The van der Waals surface area contributed by atoms with Crippen molar-refractivity contribution in [2.45, 2.75) is 37.1 Å². The quantitative estimate of drug-likeness (QED) is 0.678. The van der Waals surface area contributed by atoms with E-state index in [4.69, 9.17) is 10.5 Å². The molecule has 0 saturated carbocycles. The van der Waals surface area contributed by atoms with Crippen LogP contribution in [-0.2, 0) is 20.0 Å². The van der Waals surface area contributed by atoms with Gasteiger partial charge in [0.15, 0.2) is 0 Å². The molecule has 3 N–H and O–H groups in total. The average Bonchev–Trinajstić information content (AvgIpc) is 2.61. The van der Waals surface area contributed by atoms with Gasteiger partial charge in [0.2, 0.25) is 20.0 Å². The summed E-state index contributed by atoms with van der Waals surface area (Å²) in [5.74, 6) is 0.195. The molecule has 1 atom stereocenters. The number of halogens is 1. The highest BCUT2D eigenvalue weighted by atomic mass is 35.5. The van der Waals surface area contributed by atoms with Crippen molar-refractivity contribution in [3.8, 4) is 5.75 Å². The van der Waals surface area contributed by atoms with E-state index in [1.54, 1.807) is 0 Å². The van der Waals surface area contributed by atoms with E-state index in [1.165, 1.54) is 36.5 Å². The summed E-state index contributed by atoms with van der Waals surface area (Å²) in [5.41, 5.74) is 5.73. The van der Waals surface area contributed by atoms with Gasteiger partial charge in [0, 0.05) is 25.2 Å². The second kappa shape index (κ2) is 9.23. The van der Waals surface area contributed by atoms with Crippen molar-refractivity contribution in [1.82, 2.24) is 4.31 Å². The number of methoxy groups -OCH3 is 1. The normalized spacial score (nSPS) is 18.8. The number of rotatable bonds is 7. The Hall–Kier alpha value is -1.07. The second-order valence-corrected chi connectivity index (χ2v) is 9.74. The summed E-state index contributed by atoms with van der Waals surface area (Å²) in [4.78, 5) is -0.0920. The van der Waals surface area contributed by atoms with E-state index < -0.39 is 20.0 Å². The van der Waals surface area contributed by atoms with Crippen molar-refractivity contribution >= 4 is 38.1 Å². The van der Waals surface area contributed by atoms with Crippen LogP contribution in [0.3, 0.4) is 0 Å². The van der Waals surface area contributed by atoms with E-state index in [2.05, 4.69) is 4.72 Å². The molecule has 0 bridgehead atoms. The van der Waals surface area contributed by atoms with E-state index in [9.17, 15) is 16.8 Å². The lowest BCUT2D eigenvalue weighted by atomic mass is 10.1. The minimum Gasteiger partial charge on any atom is -0.497 e. The maximum absolute atomic E-state index is 13.1. The van der Waals surface area contributed by atoms with Crippen LogP contribution in [0.15, 0.2) is 23.1 Å². The van der Waals surface area contributed by atoms with Gasteiger partial charge in [-0.15, -0.1) is 12.4 Å². The summed E-state index contributed by atoms with van der Waals surface area (Å²) in [7, 11) is -6.10. The molecule has 1 aromatic carbocycles. The molecule has 1 aliphatic rings. The summed E-state index contributed by atoms with van der Waals surface area (Å²) < 4.78 is 59.0. The van der Waals surface area contributed by atoms with Crippen molar-refractivity contribution in [1.29, 1.82) is 0 Å². The average molecular weight is 428 g/mol. The van der Waals surface area contributed by atoms with Crippen LogP contribution >= 0.6 is 12.4 Å². The molecule has 1 aliphatic heterocycles. The maximum Gasteiger partial charge on any atom is 0.245 e. The van der Waals surface area contributed by atoms with Crippen molar-refractivity contribution in [3.63, 3.8) is 0 Å². The molecule has 11 heteroatoms. The lowest BCUT2D eigenvalue weighted by molar-refractivity contribution is 0.257. The summed E-state index contributed by atoms with van der Waals surface area (Å²) in [5, 5.41) is 0. The van der Waals surface area contributed by atoms with Gasteiger partial charge in [0.1, 0.15) is 10.6 Å². The number of nitrogens with two attached hydrogens (primary N) is 1. The van der Waals surface area contributed by atoms with Gasteiger partial charge in [-0.1, -0.05) is 6.42 Å². The minimum atomic E-state index is -3.89. The fourth-order valence-electron chi connectivity index (χ4n) is 2.83. The van der Waals surface area contributed by atoms with E-state index >= 15 is 0 Å². The molecule has 0 spiro atoms. The van der Waals surface area contributed by atoms with Crippen LogP contribution in [0.4, 0.5) is 5.69 Å². The zero-order valence-electron chi connectivity index (χ0n) is 14.8. The van der Waals surface area contributed by atoms with Crippen molar-refractivity contribution < 1.29 is 21.6 Å². The number of hydrogen-bond acceptors (Lipinski definition) is 6. The lowest BCUT2D eigenvalue weighted by Crippen LogP contribution is -2.47. The summed E-state index contributed by atoms with van der Waals surface area (Å²) in [6.07, 6.45) is 2.37. The van der Waals surface area contributed by atoms with Gasteiger partial charge in [-0.2, -0.15) is 4.31 Å². The van der Waals surface area contributed by atoms with Gasteiger partial charge in [-0.3, -0.25) is 4.72 Å². The highest BCUT2D eigenvalue weighted by Gasteiger charge is 2.34. The van der Waals surface area contributed by atoms with Gasteiger partial charge in [0.25, 0.3) is 0 Å². The minimum absolute atomic E-state index is 0. The molecule has 8 nitrogen and oxygen atoms in total. The summed E-state index contributed by atoms with van der Waals surface area (Å²) in [6, 6.07) is 3.96. The topological polar surface area (TPSA) is 119 Å². The third-order valence-corrected chi connectivity index (χ3v) is 7.57. The zero-order chi connectivity index (χ0) is 18.7. The summed E-state index contributed by atoms with van der Waals surface area (Å²) in [6.45, 7) is 2.08. The predicted molar refractivity (Wildman–Crippen MR) is 104 cm³/mol. The number of piperidine rings is 1. The Morgan fingerprint density at radius 1 is 1.27 bits per heavy atom. The van der Waals surface area contributed by atoms with Crippen LogP contribution < -0.4 is 15.2 Å². The van der Waals surface area contributed by atoms with Crippen LogP contribution in [0.5, 0.6) is 5.75 Å². The first-order chi connectivity index (χ1) is 11.7. The SMILES string of the molecule is CCS(=O)(=O)Nc1cc(OC)ccc1S(=O)(=O)N1CCCCC1CN.Cl. The van der Waals surface area contributed by atoms with Crippen LogP contribution in [0.25, 0.3) is 0 Å². The Balaban J connectivity index is 0.00000338. The Bertz CT molecular complexity index is 815. The Morgan fingerprint density at radius 3 is 2.54 bits per heavy atom. The Kier molecular flexibility index (Phi) is 8.15. The van der Waals surface area contributed by atoms with E-state index in [1.807, 2.05) is 0 Å². The van der Waals surface area contributed by atoms with E-state index in [0.29, 0.717) is 18.7 Å². The molecule has 0 aromatic heterocycles. The fraction of sp³-hybridized carbons (Fsp3) is 0.600. The third-order valence-electron chi connectivity index (χ3n) is 4.26. The molecule has 2 rings (SSSR count). The number of nitrogens with one attached hydrogen (secondary N) is 1. The van der Waals surface area contributed by atoms with Crippen LogP contribution in [-0.4, -0.2) is 53.1 Å². The van der Waals surface area contributed by atoms with Gasteiger partial charge in [-0.25, -0.2) is 16.8 Å². The van der Waals surface area contributed by atoms with Crippen LogP contribution in [0, 0.1) is 0 Å². The highest BCUT2D eigenvalue weighted by Crippen LogP contribution is 2.32. The Morgan fingerprint density at radius 2 is 1.96 bits per heavy atom. The number of ether oxygens (including phenoxy) is 1. The summed E-state index contributed by atoms with van der Waals surface area (Å²) >= 11 is 0. The molecule has 1 heterocycles. The zero-order valence-corrected chi connectivity index (χ0v) is 17.3. The number of benzene rings is 1. The van der Waals surface area contributed by atoms with Crippen LogP contribution in [0.1, 0.15) is 26.2 Å². The van der Waals surface area contributed by atoms with Gasteiger partial charge >= 0.3 is 0 Å². The number of hydrogen-bond donors (Lipinski definition) is 2. The molecular weight excluding hydrogens is 402 g/mol. The highest BCUT2D eigenvalue weighted by molar-refractivity contribution is 7.93. The molecule has 26 heavy (non-hydrogen) atoms. The third kappa shape index (κ3) is 5.01. The predicted octanol–water partition coefficient (Wildman–Crippen LogP) is 1.38. The van der Waals surface area contributed by atoms with Gasteiger partial charge in [-0.05, 0) is 31.9 Å². The lowest BCUT2D eigenvalue weighted by Gasteiger charge is -2.34. The molecule has 0 amide bonds. The van der Waals surface area contributed by atoms with Gasteiger partial charge < -0.3 is 10.5 Å². The molecule has 1 saturated heterocycles. The van der Waals surface area contributed by atoms with E-state index in [-0.39, 0.29) is 41.3 Å². The molecule has 0 radical (unpaired) electrons. The second-order valence-electron chi connectivity index (χ2n) is 5.87. The largest absolute Gasteiger partial charge is 0.497 e. The number of anilines is 1. The first-order valence-corrected chi connectivity index (χ1v) is 11.2. The monoisotopic (exact) mass is 427 g/mol. The molecule has 1 unspecified atom stereocenters. The fourth-order valence-corrected chi connectivity index (χ4v) is 5.38. The van der Waals surface area contributed by atoms with E-state index in [0.717, 1.165) is 12.8 Å². The van der Waals surface area contributed by atoms with Crippen molar-refractivity contribution in [2.24, 2.45) is 5.73 Å². The molecule has 1 aromatic rings. The standard InChI is InChI=1S/C15H25N3O5S2.ClH/c1-3-24(19,20)17-14-10-13(23-2)7-8-15(14)25(21,22)18-9-5-4-6-12(18)11-16;/h7-8,10,12,17H,3-6,9,11,16H2,1-2H3;1H. The number of sulfonamides is 2. The maximum atomic E-state index is 13.1. The van der Waals surface area contributed by atoms with Crippen LogP contribution in [0.2, 0.25) is 0 Å². The number of nitrogens with zero attached hydrogens (tertiary/aromatic N) is 1.